The first-order valence-electron chi connectivity index (χ1n) is 9.36. The standard InChI is InChI=1S/C19H29N3O3/c1-11(2)16(21-18(23)15-7-4-8-25-15)19(24)22-17-12-5-3-6-13(17)10-14(20)9-12/h4,7-8,11-14,16-17H,3,5-6,9-10,20H2,1-2H3,(H,21,23)(H,22,24). The second kappa shape index (κ2) is 7.60. The van der Waals surface area contributed by atoms with Crippen LogP contribution < -0.4 is 16.4 Å². The highest BCUT2D eigenvalue weighted by atomic mass is 16.3. The normalized spacial score (nSPS) is 29.9. The summed E-state index contributed by atoms with van der Waals surface area (Å²) in [7, 11) is 0. The lowest BCUT2D eigenvalue weighted by molar-refractivity contribution is -0.126. The smallest absolute Gasteiger partial charge is 0.287 e. The van der Waals surface area contributed by atoms with Gasteiger partial charge in [0.15, 0.2) is 5.76 Å². The quantitative estimate of drug-likeness (QED) is 0.759. The molecular weight excluding hydrogens is 318 g/mol. The van der Waals surface area contributed by atoms with Gasteiger partial charge in [-0.05, 0) is 55.6 Å². The lowest BCUT2D eigenvalue weighted by Gasteiger charge is -2.45. The van der Waals surface area contributed by atoms with Gasteiger partial charge < -0.3 is 20.8 Å². The van der Waals surface area contributed by atoms with Crippen molar-refractivity contribution in [3.05, 3.63) is 24.2 Å². The van der Waals surface area contributed by atoms with Gasteiger partial charge in [-0.3, -0.25) is 9.59 Å². The van der Waals surface area contributed by atoms with Crippen LogP contribution in [-0.2, 0) is 4.79 Å². The highest BCUT2D eigenvalue weighted by Crippen LogP contribution is 2.39. The first-order chi connectivity index (χ1) is 12.0. The van der Waals surface area contributed by atoms with Gasteiger partial charge in [-0.15, -0.1) is 0 Å². The molecule has 2 aliphatic rings. The predicted octanol–water partition coefficient (Wildman–Crippen LogP) is 2.06. The van der Waals surface area contributed by atoms with Gasteiger partial charge in [-0.2, -0.15) is 0 Å². The van der Waals surface area contributed by atoms with E-state index in [2.05, 4.69) is 10.6 Å². The van der Waals surface area contributed by atoms with Crippen molar-refractivity contribution in [2.45, 2.75) is 64.1 Å². The summed E-state index contributed by atoms with van der Waals surface area (Å²) >= 11 is 0. The van der Waals surface area contributed by atoms with Crippen LogP contribution in [0.4, 0.5) is 0 Å². The van der Waals surface area contributed by atoms with Gasteiger partial charge in [0, 0.05) is 12.1 Å². The average Bonchev–Trinajstić information content (AvgIpc) is 3.07. The van der Waals surface area contributed by atoms with Gasteiger partial charge in [0.05, 0.1) is 6.26 Å². The molecule has 2 aliphatic carbocycles. The van der Waals surface area contributed by atoms with Gasteiger partial charge in [0.1, 0.15) is 6.04 Å². The minimum atomic E-state index is -0.575. The van der Waals surface area contributed by atoms with Crippen LogP contribution in [0.15, 0.2) is 22.8 Å². The minimum absolute atomic E-state index is 0.00963. The molecular formula is C19H29N3O3. The highest BCUT2D eigenvalue weighted by molar-refractivity contribution is 5.95. The van der Waals surface area contributed by atoms with Crippen LogP contribution in [0.5, 0.6) is 0 Å². The van der Waals surface area contributed by atoms with E-state index in [1.54, 1.807) is 12.1 Å². The fourth-order valence-corrected chi connectivity index (χ4v) is 4.43. The van der Waals surface area contributed by atoms with E-state index >= 15 is 0 Å². The molecule has 2 amide bonds. The highest BCUT2D eigenvalue weighted by Gasteiger charge is 2.41. The van der Waals surface area contributed by atoms with Crippen LogP contribution in [0.1, 0.15) is 56.5 Å². The Morgan fingerprint density at radius 1 is 1.24 bits per heavy atom. The number of carbonyl (C=O) groups is 2. The van der Waals surface area contributed by atoms with Crippen molar-refractivity contribution in [3.8, 4) is 0 Å². The molecule has 0 spiro atoms. The number of nitrogens with two attached hydrogens (primary N) is 1. The Kier molecular flexibility index (Phi) is 5.47. The van der Waals surface area contributed by atoms with Gasteiger partial charge in [0.25, 0.3) is 5.91 Å². The third kappa shape index (κ3) is 4.06. The molecule has 1 aromatic rings. The summed E-state index contributed by atoms with van der Waals surface area (Å²) in [4.78, 5) is 25.1. The maximum absolute atomic E-state index is 12.9. The van der Waals surface area contributed by atoms with Gasteiger partial charge in [-0.1, -0.05) is 20.3 Å². The van der Waals surface area contributed by atoms with Gasteiger partial charge >= 0.3 is 0 Å². The van der Waals surface area contributed by atoms with Crippen molar-refractivity contribution in [2.75, 3.05) is 0 Å². The molecule has 6 heteroatoms. The third-order valence-corrected chi connectivity index (χ3v) is 5.67. The summed E-state index contributed by atoms with van der Waals surface area (Å²) in [6.45, 7) is 3.87. The molecule has 0 aromatic carbocycles. The molecule has 3 unspecified atom stereocenters. The Bertz CT molecular complexity index is 585. The molecule has 3 rings (SSSR count). The van der Waals surface area contributed by atoms with Crippen LogP contribution in [0, 0.1) is 17.8 Å². The van der Waals surface area contributed by atoms with E-state index in [9.17, 15) is 9.59 Å². The SMILES string of the molecule is CC(C)C(NC(=O)c1ccco1)C(=O)NC1C2CCCC1CC(N)C2. The zero-order chi connectivity index (χ0) is 18.0. The number of furan rings is 1. The maximum Gasteiger partial charge on any atom is 0.287 e. The lowest BCUT2D eigenvalue weighted by Crippen LogP contribution is -2.58. The van der Waals surface area contributed by atoms with E-state index < -0.39 is 6.04 Å². The van der Waals surface area contributed by atoms with Crippen LogP contribution in [0.25, 0.3) is 0 Å². The number of fused-ring (bicyclic) bond motifs is 2. The fraction of sp³-hybridized carbons (Fsp3) is 0.684. The molecule has 2 saturated carbocycles. The van der Waals surface area contributed by atoms with E-state index in [1.807, 2.05) is 13.8 Å². The predicted molar refractivity (Wildman–Crippen MR) is 94.8 cm³/mol. The van der Waals surface area contributed by atoms with Crippen molar-refractivity contribution in [1.82, 2.24) is 10.6 Å². The molecule has 3 atom stereocenters. The topological polar surface area (TPSA) is 97.4 Å². The molecule has 0 radical (unpaired) electrons. The van der Waals surface area contributed by atoms with Crippen LogP contribution >= 0.6 is 0 Å². The van der Waals surface area contributed by atoms with Crippen LogP contribution in [0.3, 0.4) is 0 Å². The number of amides is 2. The van der Waals surface area contributed by atoms with E-state index in [0.717, 1.165) is 25.7 Å². The van der Waals surface area contributed by atoms with E-state index in [0.29, 0.717) is 11.8 Å². The van der Waals surface area contributed by atoms with Crippen molar-refractivity contribution >= 4 is 11.8 Å². The second-order valence-corrected chi connectivity index (χ2v) is 7.89. The summed E-state index contributed by atoms with van der Waals surface area (Å²) in [5, 5.41) is 6.05. The number of nitrogens with one attached hydrogen (secondary N) is 2. The summed E-state index contributed by atoms with van der Waals surface area (Å²) in [5.74, 6) is 0.667. The van der Waals surface area contributed by atoms with Crippen molar-refractivity contribution in [3.63, 3.8) is 0 Å². The lowest BCUT2D eigenvalue weighted by atomic mass is 9.67. The maximum atomic E-state index is 12.9. The largest absolute Gasteiger partial charge is 0.459 e. The van der Waals surface area contributed by atoms with E-state index in [4.69, 9.17) is 10.2 Å². The first-order valence-corrected chi connectivity index (χ1v) is 9.36. The first kappa shape index (κ1) is 18.0. The summed E-state index contributed by atoms with van der Waals surface area (Å²) in [6, 6.07) is 3.11. The fourth-order valence-electron chi connectivity index (χ4n) is 4.43. The minimum Gasteiger partial charge on any atom is -0.459 e. The summed E-state index contributed by atoms with van der Waals surface area (Å²) < 4.78 is 5.12. The van der Waals surface area contributed by atoms with E-state index in [-0.39, 0.29) is 35.6 Å². The van der Waals surface area contributed by atoms with Crippen LogP contribution in [0.2, 0.25) is 0 Å². The Hall–Kier alpha value is -1.82. The molecule has 2 fully saturated rings. The molecule has 25 heavy (non-hydrogen) atoms. The van der Waals surface area contributed by atoms with Gasteiger partial charge in [-0.25, -0.2) is 0 Å². The Labute approximate surface area is 148 Å². The number of hydrogen-bond donors (Lipinski definition) is 3. The number of hydrogen-bond acceptors (Lipinski definition) is 4. The third-order valence-electron chi connectivity index (χ3n) is 5.67. The Morgan fingerprint density at radius 3 is 2.48 bits per heavy atom. The zero-order valence-electron chi connectivity index (χ0n) is 15.0. The van der Waals surface area contributed by atoms with Crippen molar-refractivity contribution in [2.24, 2.45) is 23.5 Å². The van der Waals surface area contributed by atoms with Crippen molar-refractivity contribution in [1.29, 1.82) is 0 Å². The summed E-state index contributed by atoms with van der Waals surface area (Å²) in [5.41, 5.74) is 6.17. The number of rotatable bonds is 5. The Morgan fingerprint density at radius 2 is 1.92 bits per heavy atom. The molecule has 6 nitrogen and oxygen atoms in total. The molecule has 138 valence electrons. The second-order valence-electron chi connectivity index (χ2n) is 7.89. The Balaban J connectivity index is 1.66. The number of carbonyl (C=O) groups excluding carboxylic acids is 2. The average molecular weight is 347 g/mol. The van der Waals surface area contributed by atoms with Crippen molar-refractivity contribution < 1.29 is 14.0 Å². The molecule has 1 heterocycles. The molecule has 1 aromatic heterocycles. The summed E-state index contributed by atoms with van der Waals surface area (Å²) in [6.07, 6.45) is 6.88. The molecule has 0 aliphatic heterocycles. The monoisotopic (exact) mass is 347 g/mol. The van der Waals surface area contributed by atoms with Gasteiger partial charge in [0.2, 0.25) is 5.91 Å². The molecule has 2 bridgehead atoms. The zero-order valence-corrected chi connectivity index (χ0v) is 15.0. The van der Waals surface area contributed by atoms with Crippen LogP contribution in [-0.4, -0.2) is 29.9 Å². The molecule has 4 N–H and O–H groups in total. The molecule has 0 saturated heterocycles. The van der Waals surface area contributed by atoms with E-state index in [1.165, 1.54) is 12.7 Å².